The molecule has 0 bridgehead atoms. The molecular formula is C11H18N2OS. The van der Waals surface area contributed by atoms with Crippen molar-refractivity contribution < 1.29 is 4.74 Å². The second-order valence-electron chi connectivity index (χ2n) is 4.21. The fourth-order valence-corrected chi connectivity index (χ4v) is 2.94. The van der Waals surface area contributed by atoms with Gasteiger partial charge in [-0.15, -0.1) is 0 Å². The zero-order valence-electron chi connectivity index (χ0n) is 9.51. The zero-order chi connectivity index (χ0) is 10.8. The summed E-state index contributed by atoms with van der Waals surface area (Å²) in [5.41, 5.74) is 1.21. The first-order valence-corrected chi connectivity index (χ1v) is 6.64. The zero-order valence-corrected chi connectivity index (χ0v) is 10.3. The Bertz CT molecular complexity index is 326. The van der Waals surface area contributed by atoms with Crippen LogP contribution in [0.25, 0.3) is 0 Å². The summed E-state index contributed by atoms with van der Waals surface area (Å²) in [5, 5.41) is 4.92. The molecule has 3 atom stereocenters. The normalized spacial score (nSPS) is 31.8. The van der Waals surface area contributed by atoms with E-state index in [1.165, 1.54) is 5.56 Å². The minimum Gasteiger partial charge on any atom is -0.370 e. The Hall–Kier alpha value is -0.480. The van der Waals surface area contributed by atoms with Crippen molar-refractivity contribution in [2.75, 3.05) is 6.26 Å². The molecule has 1 fully saturated rings. The molecule has 0 aliphatic carbocycles. The molecule has 1 aromatic rings. The number of nitrogens with zero attached hydrogens (tertiary/aromatic N) is 2. The van der Waals surface area contributed by atoms with Gasteiger partial charge in [-0.1, -0.05) is 0 Å². The number of thioether (sulfide) groups is 1. The van der Waals surface area contributed by atoms with Crippen molar-refractivity contribution in [2.45, 2.75) is 37.2 Å². The number of hydrogen-bond acceptors (Lipinski definition) is 3. The second kappa shape index (κ2) is 4.58. The molecule has 0 N–H and O–H groups in total. The molecule has 0 saturated carbocycles. The highest BCUT2D eigenvalue weighted by atomic mass is 32.2. The average Bonchev–Trinajstić information content (AvgIpc) is 2.64. The summed E-state index contributed by atoms with van der Waals surface area (Å²) in [5.74, 6) is 0. The Kier molecular flexibility index (Phi) is 3.36. The van der Waals surface area contributed by atoms with Gasteiger partial charge in [0.1, 0.15) is 0 Å². The number of aromatic nitrogens is 2. The van der Waals surface area contributed by atoms with Gasteiger partial charge in [-0.3, -0.25) is 4.68 Å². The number of aryl methyl sites for hydroxylation is 1. The largest absolute Gasteiger partial charge is 0.370 e. The maximum Gasteiger partial charge on any atom is 0.0869 e. The number of rotatable bonds is 2. The lowest BCUT2D eigenvalue weighted by molar-refractivity contribution is -0.0387. The van der Waals surface area contributed by atoms with Crippen molar-refractivity contribution >= 4 is 11.8 Å². The third-order valence-electron chi connectivity index (χ3n) is 2.90. The molecule has 3 nitrogen and oxygen atoms in total. The predicted octanol–water partition coefficient (Wildman–Crippen LogP) is 2.39. The summed E-state index contributed by atoms with van der Waals surface area (Å²) in [7, 11) is 1.95. The van der Waals surface area contributed by atoms with Crippen LogP contribution in [0.3, 0.4) is 0 Å². The van der Waals surface area contributed by atoms with E-state index in [2.05, 4.69) is 24.5 Å². The third kappa shape index (κ3) is 2.55. The van der Waals surface area contributed by atoms with Gasteiger partial charge in [0, 0.05) is 24.1 Å². The first-order valence-electron chi connectivity index (χ1n) is 5.36. The van der Waals surface area contributed by atoms with Crippen LogP contribution >= 0.6 is 11.8 Å². The minimum atomic E-state index is 0.236. The standard InChI is InChI=1S/C11H18N2OS/c1-8-4-10(15-3)5-11(14-8)9-6-12-13(2)7-9/h6-8,10-11H,4-5H2,1-3H3. The smallest absolute Gasteiger partial charge is 0.0869 e. The molecule has 0 radical (unpaired) electrons. The first kappa shape index (κ1) is 11.0. The number of hydrogen-bond donors (Lipinski definition) is 0. The first-order chi connectivity index (χ1) is 7.19. The van der Waals surface area contributed by atoms with Crippen LogP contribution < -0.4 is 0 Å². The highest BCUT2D eigenvalue weighted by Crippen LogP contribution is 2.35. The van der Waals surface area contributed by atoms with Gasteiger partial charge in [-0.2, -0.15) is 16.9 Å². The Morgan fingerprint density at radius 3 is 2.93 bits per heavy atom. The second-order valence-corrected chi connectivity index (χ2v) is 5.35. The lowest BCUT2D eigenvalue weighted by Crippen LogP contribution is -2.27. The molecule has 4 heteroatoms. The van der Waals surface area contributed by atoms with Crippen LogP contribution in [0.1, 0.15) is 31.4 Å². The van der Waals surface area contributed by atoms with Gasteiger partial charge in [-0.05, 0) is 26.0 Å². The molecule has 2 rings (SSSR count). The monoisotopic (exact) mass is 226 g/mol. The van der Waals surface area contributed by atoms with E-state index in [0.717, 1.165) is 18.1 Å². The van der Waals surface area contributed by atoms with Crippen molar-refractivity contribution in [3.63, 3.8) is 0 Å². The molecule has 0 amide bonds. The molecule has 15 heavy (non-hydrogen) atoms. The van der Waals surface area contributed by atoms with Crippen LogP contribution in [0, 0.1) is 0 Å². The van der Waals surface area contributed by atoms with E-state index in [-0.39, 0.29) is 6.10 Å². The average molecular weight is 226 g/mol. The molecule has 1 aliphatic rings. The van der Waals surface area contributed by atoms with Gasteiger partial charge in [0.05, 0.1) is 18.4 Å². The molecular weight excluding hydrogens is 208 g/mol. The number of ether oxygens (including phenoxy) is 1. The van der Waals surface area contributed by atoms with Gasteiger partial charge in [-0.25, -0.2) is 0 Å². The fourth-order valence-electron chi connectivity index (χ4n) is 2.11. The van der Waals surface area contributed by atoms with Crippen molar-refractivity contribution in [1.29, 1.82) is 0 Å². The third-order valence-corrected chi connectivity index (χ3v) is 3.95. The van der Waals surface area contributed by atoms with Crippen LogP contribution in [0.2, 0.25) is 0 Å². The van der Waals surface area contributed by atoms with Crippen molar-refractivity contribution in [1.82, 2.24) is 9.78 Å². The fraction of sp³-hybridized carbons (Fsp3) is 0.727. The summed E-state index contributed by atoms with van der Waals surface area (Å²) in [6, 6.07) is 0. The Balaban J connectivity index is 2.08. The topological polar surface area (TPSA) is 27.1 Å². The Morgan fingerprint density at radius 1 is 1.53 bits per heavy atom. The highest BCUT2D eigenvalue weighted by molar-refractivity contribution is 7.99. The van der Waals surface area contributed by atoms with Gasteiger partial charge >= 0.3 is 0 Å². The molecule has 2 heterocycles. The van der Waals surface area contributed by atoms with E-state index in [4.69, 9.17) is 4.74 Å². The summed E-state index contributed by atoms with van der Waals surface area (Å²) < 4.78 is 7.79. The van der Waals surface area contributed by atoms with Crippen LogP contribution in [0.4, 0.5) is 0 Å². The summed E-state index contributed by atoms with van der Waals surface area (Å²) in [6.45, 7) is 2.16. The lowest BCUT2D eigenvalue weighted by atomic mass is 10.0. The van der Waals surface area contributed by atoms with Crippen LogP contribution in [-0.2, 0) is 11.8 Å². The Labute approximate surface area is 95.2 Å². The van der Waals surface area contributed by atoms with Crippen molar-refractivity contribution in [2.24, 2.45) is 7.05 Å². The summed E-state index contributed by atoms with van der Waals surface area (Å²) in [6.07, 6.45) is 9.03. The van der Waals surface area contributed by atoms with E-state index in [9.17, 15) is 0 Å². The van der Waals surface area contributed by atoms with Gasteiger partial charge < -0.3 is 4.74 Å². The molecule has 1 aliphatic heterocycles. The van der Waals surface area contributed by atoms with Crippen LogP contribution in [0.5, 0.6) is 0 Å². The summed E-state index contributed by atoms with van der Waals surface area (Å²) >= 11 is 1.95. The highest BCUT2D eigenvalue weighted by Gasteiger charge is 2.28. The van der Waals surface area contributed by atoms with Gasteiger partial charge in [0.2, 0.25) is 0 Å². The van der Waals surface area contributed by atoms with E-state index in [0.29, 0.717) is 6.10 Å². The molecule has 1 aromatic heterocycles. The summed E-state index contributed by atoms with van der Waals surface area (Å²) in [4.78, 5) is 0. The Morgan fingerprint density at radius 2 is 2.33 bits per heavy atom. The van der Waals surface area contributed by atoms with Gasteiger partial charge in [0.15, 0.2) is 0 Å². The molecule has 0 aromatic carbocycles. The van der Waals surface area contributed by atoms with E-state index in [1.807, 2.05) is 29.7 Å². The van der Waals surface area contributed by atoms with Crippen LogP contribution in [-0.4, -0.2) is 27.4 Å². The predicted molar refractivity (Wildman–Crippen MR) is 63.0 cm³/mol. The minimum absolute atomic E-state index is 0.236. The maximum absolute atomic E-state index is 5.95. The maximum atomic E-state index is 5.95. The lowest BCUT2D eigenvalue weighted by Gasteiger charge is -2.32. The molecule has 0 spiro atoms. The quantitative estimate of drug-likeness (QED) is 0.775. The van der Waals surface area contributed by atoms with E-state index in [1.54, 1.807) is 0 Å². The van der Waals surface area contributed by atoms with Crippen molar-refractivity contribution in [3.8, 4) is 0 Å². The van der Waals surface area contributed by atoms with Crippen LogP contribution in [0.15, 0.2) is 12.4 Å². The molecule has 3 unspecified atom stereocenters. The SMILES string of the molecule is CSC1CC(C)OC(c2cnn(C)c2)C1. The van der Waals surface area contributed by atoms with Crippen molar-refractivity contribution in [3.05, 3.63) is 18.0 Å². The van der Waals surface area contributed by atoms with E-state index >= 15 is 0 Å². The molecule has 1 saturated heterocycles. The van der Waals surface area contributed by atoms with E-state index < -0.39 is 0 Å². The van der Waals surface area contributed by atoms with Gasteiger partial charge in [0.25, 0.3) is 0 Å². The molecule has 84 valence electrons.